The molecule has 0 aromatic carbocycles. The molecule has 7 heteroatoms. The summed E-state index contributed by atoms with van der Waals surface area (Å²) < 4.78 is 27.5. The Balaban J connectivity index is 2.22. The lowest BCUT2D eigenvalue weighted by Crippen LogP contribution is -2.43. The van der Waals surface area contributed by atoms with Crippen LogP contribution in [0.4, 0.5) is 0 Å². The Labute approximate surface area is 108 Å². The van der Waals surface area contributed by atoms with Gasteiger partial charge in [0.25, 0.3) is 10.0 Å². The van der Waals surface area contributed by atoms with Crippen LogP contribution in [0.15, 0.2) is 11.2 Å². The molecule has 1 aromatic heterocycles. The summed E-state index contributed by atoms with van der Waals surface area (Å²) in [5.41, 5.74) is 0.340. The van der Waals surface area contributed by atoms with Crippen LogP contribution in [0.3, 0.4) is 0 Å². The van der Waals surface area contributed by atoms with Crippen LogP contribution in [0.25, 0.3) is 0 Å². The smallest absolute Gasteiger partial charge is 0.258 e. The molecule has 1 aliphatic carbocycles. The van der Waals surface area contributed by atoms with Crippen LogP contribution < -0.4 is 10.0 Å². The zero-order chi connectivity index (χ0) is 13.2. The van der Waals surface area contributed by atoms with Gasteiger partial charge in [0.1, 0.15) is 0 Å². The largest absolute Gasteiger partial charge is 0.316 e. The van der Waals surface area contributed by atoms with Gasteiger partial charge < -0.3 is 5.32 Å². The van der Waals surface area contributed by atoms with Gasteiger partial charge in [-0.1, -0.05) is 12.8 Å². The first-order chi connectivity index (χ1) is 8.47. The minimum atomic E-state index is -3.52. The Bertz CT molecular complexity index is 503. The third-order valence-corrected chi connectivity index (χ3v) is 5.05. The zero-order valence-corrected chi connectivity index (χ0v) is 11.6. The summed E-state index contributed by atoms with van der Waals surface area (Å²) in [5.74, 6) is 0. The van der Waals surface area contributed by atoms with E-state index in [1.165, 1.54) is 0 Å². The van der Waals surface area contributed by atoms with Gasteiger partial charge in [0.15, 0.2) is 5.03 Å². The van der Waals surface area contributed by atoms with Gasteiger partial charge in [-0.15, -0.1) is 0 Å². The topological polar surface area (TPSA) is 86.9 Å². The lowest BCUT2D eigenvalue weighted by atomic mass is 10.0. The monoisotopic (exact) mass is 272 g/mol. The first-order valence-corrected chi connectivity index (χ1v) is 7.66. The summed E-state index contributed by atoms with van der Waals surface area (Å²) in [6.07, 6.45) is 5.47. The molecular weight excluding hydrogens is 252 g/mol. The molecule has 1 heterocycles. The predicted octanol–water partition coefficient (Wildman–Crippen LogP) is 0.740. The van der Waals surface area contributed by atoms with Gasteiger partial charge in [-0.25, -0.2) is 13.1 Å². The van der Waals surface area contributed by atoms with Crippen LogP contribution in [-0.2, 0) is 16.6 Å². The molecule has 18 heavy (non-hydrogen) atoms. The van der Waals surface area contributed by atoms with E-state index in [1.807, 2.05) is 6.92 Å². The minimum Gasteiger partial charge on any atom is -0.316 e. The van der Waals surface area contributed by atoms with Gasteiger partial charge >= 0.3 is 0 Å². The second-order valence-corrected chi connectivity index (χ2v) is 6.75. The highest BCUT2D eigenvalue weighted by molar-refractivity contribution is 7.89. The van der Waals surface area contributed by atoms with E-state index in [-0.39, 0.29) is 10.6 Å². The lowest BCUT2D eigenvalue weighted by molar-refractivity contribution is 0.426. The van der Waals surface area contributed by atoms with Crippen molar-refractivity contribution in [1.82, 2.24) is 20.2 Å². The van der Waals surface area contributed by atoms with Gasteiger partial charge in [-0.05, 0) is 26.8 Å². The van der Waals surface area contributed by atoms with E-state index in [2.05, 4.69) is 20.2 Å². The van der Waals surface area contributed by atoms with Crippen molar-refractivity contribution in [2.75, 3.05) is 7.05 Å². The molecular formula is C11H20N4O2S. The molecule has 0 aliphatic heterocycles. The summed E-state index contributed by atoms with van der Waals surface area (Å²) in [7, 11) is -1.75. The normalized spacial score (nSPS) is 19.2. The van der Waals surface area contributed by atoms with Crippen molar-refractivity contribution >= 4 is 10.0 Å². The maximum absolute atomic E-state index is 12.3. The Kier molecular flexibility index (Phi) is 3.74. The zero-order valence-electron chi connectivity index (χ0n) is 10.8. The summed E-state index contributed by atoms with van der Waals surface area (Å²) in [6.45, 7) is 2.44. The quantitative estimate of drug-likeness (QED) is 0.738. The molecule has 2 rings (SSSR count). The van der Waals surface area contributed by atoms with E-state index in [4.69, 9.17) is 0 Å². The highest BCUT2D eigenvalue weighted by Gasteiger charge is 2.34. The number of hydrogen-bond acceptors (Lipinski definition) is 4. The fourth-order valence-electron chi connectivity index (χ4n) is 2.48. The number of aromatic nitrogens is 2. The fraction of sp³-hybridized carbons (Fsp3) is 0.727. The number of hydrogen-bond donors (Lipinski definition) is 3. The van der Waals surface area contributed by atoms with E-state index in [0.29, 0.717) is 12.1 Å². The van der Waals surface area contributed by atoms with Gasteiger partial charge in [0.2, 0.25) is 0 Å². The SMILES string of the molecule is CNCc1cn[nH]c1S(=O)(=O)NC1(C)CCCC1. The summed E-state index contributed by atoms with van der Waals surface area (Å²) in [6, 6.07) is 0. The molecule has 0 unspecified atom stereocenters. The van der Waals surface area contributed by atoms with Crippen LogP contribution in [0, 0.1) is 0 Å². The van der Waals surface area contributed by atoms with Crippen molar-refractivity contribution in [2.45, 2.75) is 49.7 Å². The van der Waals surface area contributed by atoms with Crippen molar-refractivity contribution in [1.29, 1.82) is 0 Å². The number of aromatic amines is 1. The van der Waals surface area contributed by atoms with Crippen LogP contribution >= 0.6 is 0 Å². The summed E-state index contributed by atoms with van der Waals surface area (Å²) in [4.78, 5) is 0. The van der Waals surface area contributed by atoms with Crippen molar-refractivity contribution in [3.63, 3.8) is 0 Å². The number of sulfonamides is 1. The molecule has 0 spiro atoms. The maximum Gasteiger partial charge on any atom is 0.258 e. The first-order valence-electron chi connectivity index (χ1n) is 6.18. The van der Waals surface area contributed by atoms with E-state index in [9.17, 15) is 8.42 Å². The van der Waals surface area contributed by atoms with E-state index in [0.717, 1.165) is 25.7 Å². The second-order valence-electron chi connectivity index (χ2n) is 5.13. The van der Waals surface area contributed by atoms with Crippen molar-refractivity contribution < 1.29 is 8.42 Å². The average molecular weight is 272 g/mol. The highest BCUT2D eigenvalue weighted by atomic mass is 32.2. The second kappa shape index (κ2) is 4.99. The number of rotatable bonds is 5. The van der Waals surface area contributed by atoms with Crippen LogP contribution in [0.2, 0.25) is 0 Å². The standard InChI is InChI=1S/C11H20N4O2S/c1-11(5-3-4-6-11)15-18(16,17)10-9(7-12-2)8-13-14-10/h8,12,15H,3-7H2,1-2H3,(H,13,14). The van der Waals surface area contributed by atoms with E-state index in [1.54, 1.807) is 13.2 Å². The van der Waals surface area contributed by atoms with Crippen LogP contribution in [0.1, 0.15) is 38.2 Å². The molecule has 6 nitrogen and oxygen atoms in total. The van der Waals surface area contributed by atoms with Gasteiger partial charge in [0, 0.05) is 17.6 Å². The van der Waals surface area contributed by atoms with Crippen LogP contribution in [-0.4, -0.2) is 31.2 Å². The van der Waals surface area contributed by atoms with Crippen LogP contribution in [0.5, 0.6) is 0 Å². The number of H-pyrrole nitrogens is 1. The molecule has 1 saturated carbocycles. The average Bonchev–Trinajstić information content (AvgIpc) is 2.87. The van der Waals surface area contributed by atoms with Crippen molar-refractivity contribution in [2.24, 2.45) is 0 Å². The number of nitrogens with one attached hydrogen (secondary N) is 3. The molecule has 0 saturated heterocycles. The molecule has 1 fully saturated rings. The molecule has 3 N–H and O–H groups in total. The summed E-state index contributed by atoms with van der Waals surface area (Å²) >= 11 is 0. The first kappa shape index (κ1) is 13.5. The molecule has 0 amide bonds. The molecule has 1 aliphatic rings. The minimum absolute atomic E-state index is 0.171. The van der Waals surface area contributed by atoms with Gasteiger partial charge in [0.05, 0.1) is 6.20 Å². The third kappa shape index (κ3) is 2.73. The number of nitrogens with zero attached hydrogens (tertiary/aromatic N) is 1. The van der Waals surface area contributed by atoms with Gasteiger partial charge in [-0.3, -0.25) is 5.10 Å². The van der Waals surface area contributed by atoms with Crippen molar-refractivity contribution in [3.8, 4) is 0 Å². The molecule has 102 valence electrons. The van der Waals surface area contributed by atoms with E-state index >= 15 is 0 Å². The molecule has 0 radical (unpaired) electrons. The van der Waals surface area contributed by atoms with E-state index < -0.39 is 10.0 Å². The maximum atomic E-state index is 12.3. The Hall–Kier alpha value is -0.920. The Morgan fingerprint density at radius 2 is 2.11 bits per heavy atom. The predicted molar refractivity (Wildman–Crippen MR) is 68.5 cm³/mol. The Morgan fingerprint density at radius 3 is 2.72 bits per heavy atom. The third-order valence-electron chi connectivity index (χ3n) is 3.40. The highest BCUT2D eigenvalue weighted by Crippen LogP contribution is 2.30. The summed E-state index contributed by atoms with van der Waals surface area (Å²) in [5, 5.41) is 9.51. The Morgan fingerprint density at radius 1 is 1.44 bits per heavy atom. The molecule has 0 atom stereocenters. The molecule has 0 bridgehead atoms. The van der Waals surface area contributed by atoms with Gasteiger partial charge in [-0.2, -0.15) is 5.10 Å². The fourth-order valence-corrected chi connectivity index (χ4v) is 4.08. The van der Waals surface area contributed by atoms with Crippen molar-refractivity contribution in [3.05, 3.63) is 11.8 Å². The lowest BCUT2D eigenvalue weighted by Gasteiger charge is -2.24. The molecule has 1 aromatic rings.